The highest BCUT2D eigenvalue weighted by Crippen LogP contribution is 2.20. The van der Waals surface area contributed by atoms with Crippen LogP contribution in [0.1, 0.15) is 0 Å². The number of anilines is 2. The lowest BCUT2D eigenvalue weighted by atomic mass is 10.3. The van der Waals surface area contributed by atoms with Gasteiger partial charge in [-0.25, -0.2) is 4.98 Å². The van der Waals surface area contributed by atoms with E-state index in [0.29, 0.717) is 11.6 Å². The Morgan fingerprint density at radius 3 is 2.75 bits per heavy atom. The number of hydrogen-bond acceptors (Lipinski definition) is 7. The summed E-state index contributed by atoms with van der Waals surface area (Å²) in [7, 11) is 1.70. The number of nitro groups is 1. The second-order valence-electron chi connectivity index (χ2n) is 4.48. The largest absolute Gasteiger partial charge is 0.373 e. The summed E-state index contributed by atoms with van der Waals surface area (Å²) in [4.78, 5) is 17.1. The molecule has 20 heavy (non-hydrogen) atoms. The Morgan fingerprint density at radius 1 is 1.40 bits per heavy atom. The van der Waals surface area contributed by atoms with E-state index < -0.39 is 4.92 Å². The molecule has 1 aromatic heterocycles. The number of nitrogens with zero attached hydrogens (tertiary/aromatic N) is 3. The van der Waals surface area contributed by atoms with Gasteiger partial charge in [-0.05, 0) is 0 Å². The van der Waals surface area contributed by atoms with Gasteiger partial charge in [0.05, 0.1) is 17.1 Å². The van der Waals surface area contributed by atoms with Crippen molar-refractivity contribution in [2.24, 2.45) is 0 Å². The number of hydrogen-bond donors (Lipinski definition) is 2. The van der Waals surface area contributed by atoms with Gasteiger partial charge in [0, 0.05) is 44.7 Å². The molecule has 0 amide bonds. The summed E-state index contributed by atoms with van der Waals surface area (Å²) in [5.74, 6) is 3.39. The minimum Gasteiger partial charge on any atom is -0.373 e. The van der Waals surface area contributed by atoms with E-state index in [1.54, 1.807) is 7.05 Å². The fraction of sp³-hybridized carbons (Fsp3) is 0.583. The normalized spacial score (nSPS) is 15.8. The molecule has 110 valence electrons. The van der Waals surface area contributed by atoms with Gasteiger partial charge in [0.15, 0.2) is 0 Å². The molecule has 0 aromatic carbocycles. The van der Waals surface area contributed by atoms with E-state index in [-0.39, 0.29) is 5.69 Å². The number of nitrogens with one attached hydrogen (secondary N) is 2. The topological polar surface area (TPSA) is 83.3 Å². The molecule has 2 N–H and O–H groups in total. The highest BCUT2D eigenvalue weighted by Gasteiger charge is 2.12. The number of rotatable bonds is 6. The fourth-order valence-electron chi connectivity index (χ4n) is 2.01. The Kier molecular flexibility index (Phi) is 5.42. The molecule has 1 fully saturated rings. The lowest BCUT2D eigenvalue weighted by molar-refractivity contribution is -0.384. The van der Waals surface area contributed by atoms with Gasteiger partial charge in [-0.2, -0.15) is 11.8 Å². The van der Waals surface area contributed by atoms with Gasteiger partial charge in [0.1, 0.15) is 11.6 Å². The average Bonchev–Trinajstić information content (AvgIpc) is 2.48. The maximum absolute atomic E-state index is 10.9. The van der Waals surface area contributed by atoms with E-state index in [2.05, 4.69) is 20.5 Å². The maximum Gasteiger partial charge on any atom is 0.276 e. The van der Waals surface area contributed by atoms with Crippen molar-refractivity contribution < 1.29 is 4.92 Å². The van der Waals surface area contributed by atoms with Crippen LogP contribution in [0.4, 0.5) is 17.3 Å². The van der Waals surface area contributed by atoms with Crippen LogP contribution in [0.15, 0.2) is 12.1 Å². The van der Waals surface area contributed by atoms with Crippen LogP contribution >= 0.6 is 11.8 Å². The van der Waals surface area contributed by atoms with Crippen LogP contribution in [-0.2, 0) is 0 Å². The Labute approximate surface area is 122 Å². The lowest BCUT2D eigenvalue weighted by Crippen LogP contribution is -2.36. The maximum atomic E-state index is 10.9. The van der Waals surface area contributed by atoms with E-state index in [1.165, 1.54) is 23.6 Å². The second-order valence-corrected chi connectivity index (χ2v) is 5.71. The van der Waals surface area contributed by atoms with Crippen LogP contribution in [0, 0.1) is 10.1 Å². The summed E-state index contributed by atoms with van der Waals surface area (Å²) in [6.45, 7) is 3.88. The van der Waals surface area contributed by atoms with Gasteiger partial charge >= 0.3 is 0 Å². The Balaban J connectivity index is 1.91. The van der Waals surface area contributed by atoms with Crippen molar-refractivity contribution in [3.8, 4) is 0 Å². The third-order valence-electron chi connectivity index (χ3n) is 3.11. The van der Waals surface area contributed by atoms with Crippen molar-refractivity contribution in [2.45, 2.75) is 0 Å². The molecule has 0 unspecified atom stereocenters. The third-order valence-corrected chi connectivity index (χ3v) is 4.06. The average molecular weight is 297 g/mol. The third kappa shape index (κ3) is 4.24. The van der Waals surface area contributed by atoms with Gasteiger partial charge < -0.3 is 10.6 Å². The Bertz CT molecular complexity index is 465. The Hall–Kier alpha value is -1.54. The zero-order valence-corrected chi connectivity index (χ0v) is 12.3. The summed E-state index contributed by atoms with van der Waals surface area (Å²) in [5.41, 5.74) is 0.0428. The van der Waals surface area contributed by atoms with E-state index in [4.69, 9.17) is 0 Å². The quantitative estimate of drug-likeness (QED) is 0.608. The molecule has 0 atom stereocenters. The van der Waals surface area contributed by atoms with Crippen molar-refractivity contribution in [1.29, 1.82) is 0 Å². The van der Waals surface area contributed by atoms with Crippen LogP contribution in [0.5, 0.6) is 0 Å². The summed E-state index contributed by atoms with van der Waals surface area (Å²) in [6.07, 6.45) is 0. The highest BCUT2D eigenvalue weighted by atomic mass is 32.2. The molecule has 8 heteroatoms. The van der Waals surface area contributed by atoms with Gasteiger partial charge in [0.25, 0.3) is 5.69 Å². The van der Waals surface area contributed by atoms with E-state index >= 15 is 0 Å². The molecule has 0 bridgehead atoms. The van der Waals surface area contributed by atoms with Gasteiger partial charge in [-0.1, -0.05) is 0 Å². The molecule has 2 heterocycles. The zero-order chi connectivity index (χ0) is 14.4. The van der Waals surface area contributed by atoms with E-state index in [0.717, 1.165) is 26.2 Å². The molecule has 0 saturated carbocycles. The van der Waals surface area contributed by atoms with Crippen molar-refractivity contribution in [3.63, 3.8) is 0 Å². The van der Waals surface area contributed by atoms with Gasteiger partial charge in [0.2, 0.25) is 0 Å². The standard InChI is InChI=1S/C12H19N5O2S/c1-13-11-8-10(17(18)19)9-12(15-11)14-2-3-16-4-6-20-7-5-16/h8-9H,2-7H2,1H3,(H2,13,14,15). The summed E-state index contributed by atoms with van der Waals surface area (Å²) < 4.78 is 0. The first-order valence-electron chi connectivity index (χ1n) is 6.57. The van der Waals surface area contributed by atoms with Crippen LogP contribution in [0.2, 0.25) is 0 Å². The van der Waals surface area contributed by atoms with E-state index in [1.807, 2.05) is 11.8 Å². The molecule has 0 radical (unpaired) electrons. The van der Waals surface area contributed by atoms with Crippen molar-refractivity contribution >= 4 is 29.1 Å². The molecule has 1 saturated heterocycles. The number of pyridine rings is 1. The summed E-state index contributed by atoms with van der Waals surface area (Å²) >= 11 is 1.98. The van der Waals surface area contributed by atoms with Crippen molar-refractivity contribution in [1.82, 2.24) is 9.88 Å². The molecule has 2 rings (SSSR count). The molecule has 1 aromatic rings. The smallest absolute Gasteiger partial charge is 0.276 e. The van der Waals surface area contributed by atoms with Crippen molar-refractivity contribution in [3.05, 3.63) is 22.2 Å². The number of thioether (sulfide) groups is 1. The second kappa shape index (κ2) is 7.30. The first kappa shape index (κ1) is 14.9. The molecular formula is C12H19N5O2S. The molecule has 0 spiro atoms. The zero-order valence-electron chi connectivity index (χ0n) is 11.5. The molecular weight excluding hydrogens is 278 g/mol. The first-order chi connectivity index (χ1) is 9.69. The first-order valence-corrected chi connectivity index (χ1v) is 7.72. The van der Waals surface area contributed by atoms with Gasteiger partial charge in [-0.3, -0.25) is 15.0 Å². The summed E-state index contributed by atoms with van der Waals surface area (Å²) in [5, 5.41) is 16.8. The highest BCUT2D eigenvalue weighted by molar-refractivity contribution is 7.99. The molecule has 0 aliphatic carbocycles. The SMILES string of the molecule is CNc1cc([N+](=O)[O-])cc(NCCN2CCSCC2)n1. The molecule has 1 aliphatic rings. The lowest BCUT2D eigenvalue weighted by Gasteiger charge is -2.26. The predicted molar refractivity (Wildman–Crippen MR) is 82.7 cm³/mol. The summed E-state index contributed by atoms with van der Waals surface area (Å²) in [6, 6.07) is 2.89. The monoisotopic (exact) mass is 297 g/mol. The Morgan fingerprint density at radius 2 is 2.10 bits per heavy atom. The van der Waals surface area contributed by atoms with Crippen LogP contribution in [0.25, 0.3) is 0 Å². The van der Waals surface area contributed by atoms with E-state index in [9.17, 15) is 10.1 Å². The molecule has 1 aliphatic heterocycles. The fourth-order valence-corrected chi connectivity index (χ4v) is 2.99. The van der Waals surface area contributed by atoms with Crippen LogP contribution in [-0.4, -0.2) is 59.5 Å². The van der Waals surface area contributed by atoms with Crippen molar-refractivity contribution in [2.75, 3.05) is 55.4 Å². The van der Waals surface area contributed by atoms with Crippen LogP contribution in [0.3, 0.4) is 0 Å². The van der Waals surface area contributed by atoms with Crippen LogP contribution < -0.4 is 10.6 Å². The van der Waals surface area contributed by atoms with Gasteiger partial charge in [-0.15, -0.1) is 0 Å². The predicted octanol–water partition coefficient (Wildman–Crippen LogP) is 1.49. The number of aromatic nitrogens is 1. The minimum atomic E-state index is -0.407. The minimum absolute atomic E-state index is 0.0428. The molecule has 7 nitrogen and oxygen atoms in total.